The first kappa shape index (κ1) is 13.9. The molecule has 0 fully saturated rings. The molecule has 5 nitrogen and oxygen atoms in total. The predicted octanol–water partition coefficient (Wildman–Crippen LogP) is 0.640. The minimum absolute atomic E-state index is 0.0267. The van der Waals surface area contributed by atoms with Crippen LogP contribution in [0.1, 0.15) is 26.7 Å². The molecule has 0 bridgehead atoms. The van der Waals surface area contributed by atoms with Gasteiger partial charge in [0.15, 0.2) is 0 Å². The first-order valence-corrected chi connectivity index (χ1v) is 5.12. The molecule has 0 aliphatic heterocycles. The van der Waals surface area contributed by atoms with Crippen LogP contribution < -0.4 is 5.32 Å². The number of ether oxygens (including phenoxy) is 1. The minimum atomic E-state index is -0.871. The molecule has 0 heterocycles. The first-order valence-electron chi connectivity index (χ1n) is 5.12. The lowest BCUT2D eigenvalue weighted by Gasteiger charge is -2.09. The molecule has 1 atom stereocenters. The van der Waals surface area contributed by atoms with Gasteiger partial charge in [0, 0.05) is 26.0 Å². The Bertz CT molecular complexity index is 206. The van der Waals surface area contributed by atoms with Crippen LogP contribution in [0.2, 0.25) is 0 Å². The second-order valence-corrected chi connectivity index (χ2v) is 3.45. The SMILES string of the molecule is CCOCCNC(=O)CC(C)CC(=O)O. The summed E-state index contributed by atoms with van der Waals surface area (Å²) in [4.78, 5) is 21.6. The van der Waals surface area contributed by atoms with Crippen LogP contribution in [0.25, 0.3) is 0 Å². The second kappa shape index (κ2) is 8.23. The third kappa shape index (κ3) is 9.21. The topological polar surface area (TPSA) is 75.6 Å². The summed E-state index contributed by atoms with van der Waals surface area (Å²) in [6, 6.07) is 0. The number of carbonyl (C=O) groups is 2. The van der Waals surface area contributed by atoms with Gasteiger partial charge < -0.3 is 15.2 Å². The molecular weight excluding hydrogens is 198 g/mol. The normalized spacial score (nSPS) is 12.1. The largest absolute Gasteiger partial charge is 0.481 e. The van der Waals surface area contributed by atoms with Crippen molar-refractivity contribution in [3.8, 4) is 0 Å². The van der Waals surface area contributed by atoms with Crippen LogP contribution >= 0.6 is 0 Å². The maximum Gasteiger partial charge on any atom is 0.303 e. The minimum Gasteiger partial charge on any atom is -0.481 e. The van der Waals surface area contributed by atoms with E-state index in [4.69, 9.17) is 9.84 Å². The van der Waals surface area contributed by atoms with Gasteiger partial charge in [-0.1, -0.05) is 6.92 Å². The zero-order valence-electron chi connectivity index (χ0n) is 9.28. The van der Waals surface area contributed by atoms with Gasteiger partial charge >= 0.3 is 5.97 Å². The zero-order valence-corrected chi connectivity index (χ0v) is 9.28. The molecule has 0 rings (SSSR count). The Labute approximate surface area is 89.8 Å². The Kier molecular flexibility index (Phi) is 7.62. The summed E-state index contributed by atoms with van der Waals surface area (Å²) < 4.78 is 5.04. The van der Waals surface area contributed by atoms with Crippen LogP contribution in [-0.2, 0) is 14.3 Å². The van der Waals surface area contributed by atoms with E-state index in [1.54, 1.807) is 6.92 Å². The van der Waals surface area contributed by atoms with E-state index >= 15 is 0 Å². The van der Waals surface area contributed by atoms with E-state index in [1.807, 2.05) is 6.92 Å². The second-order valence-electron chi connectivity index (χ2n) is 3.45. The maximum atomic E-state index is 11.2. The number of hydrogen-bond acceptors (Lipinski definition) is 3. The Morgan fingerprint density at radius 1 is 1.40 bits per heavy atom. The summed E-state index contributed by atoms with van der Waals surface area (Å²) >= 11 is 0. The molecule has 0 aromatic heterocycles. The van der Waals surface area contributed by atoms with Gasteiger partial charge in [0.05, 0.1) is 6.61 Å². The van der Waals surface area contributed by atoms with Crippen molar-refractivity contribution in [2.24, 2.45) is 5.92 Å². The molecule has 5 heteroatoms. The highest BCUT2D eigenvalue weighted by atomic mass is 16.5. The van der Waals surface area contributed by atoms with Crippen molar-refractivity contribution in [2.45, 2.75) is 26.7 Å². The van der Waals surface area contributed by atoms with Crippen molar-refractivity contribution in [3.05, 3.63) is 0 Å². The number of carbonyl (C=O) groups excluding carboxylic acids is 1. The van der Waals surface area contributed by atoms with Crippen molar-refractivity contribution in [3.63, 3.8) is 0 Å². The van der Waals surface area contributed by atoms with Crippen LogP contribution in [-0.4, -0.2) is 36.7 Å². The van der Waals surface area contributed by atoms with Crippen LogP contribution in [0.15, 0.2) is 0 Å². The number of hydrogen-bond donors (Lipinski definition) is 2. The van der Waals surface area contributed by atoms with Gasteiger partial charge in [0.1, 0.15) is 0 Å². The van der Waals surface area contributed by atoms with Crippen LogP contribution in [0.4, 0.5) is 0 Å². The van der Waals surface area contributed by atoms with Crippen molar-refractivity contribution >= 4 is 11.9 Å². The molecular formula is C10H19NO4. The summed E-state index contributed by atoms with van der Waals surface area (Å²) in [7, 11) is 0. The van der Waals surface area contributed by atoms with E-state index in [9.17, 15) is 9.59 Å². The van der Waals surface area contributed by atoms with Gasteiger partial charge in [-0.25, -0.2) is 0 Å². The predicted molar refractivity (Wildman–Crippen MR) is 55.5 cm³/mol. The van der Waals surface area contributed by atoms with Gasteiger partial charge in [-0.3, -0.25) is 9.59 Å². The molecule has 0 aliphatic carbocycles. The number of carboxylic acid groups (broad SMARTS) is 1. The summed E-state index contributed by atoms with van der Waals surface area (Å²) in [5.74, 6) is -1.12. The molecule has 0 aromatic rings. The quantitative estimate of drug-likeness (QED) is 0.585. The molecule has 0 saturated carbocycles. The fourth-order valence-electron chi connectivity index (χ4n) is 1.17. The highest BCUT2D eigenvalue weighted by molar-refractivity contribution is 5.77. The van der Waals surface area contributed by atoms with E-state index in [-0.39, 0.29) is 24.7 Å². The summed E-state index contributed by atoms with van der Waals surface area (Å²) in [6.45, 7) is 5.24. The zero-order chi connectivity index (χ0) is 11.7. The molecule has 2 N–H and O–H groups in total. The highest BCUT2D eigenvalue weighted by Crippen LogP contribution is 2.06. The molecule has 0 aliphatic rings. The van der Waals surface area contributed by atoms with Crippen LogP contribution in [0.5, 0.6) is 0 Å². The highest BCUT2D eigenvalue weighted by Gasteiger charge is 2.11. The molecule has 0 spiro atoms. The van der Waals surface area contributed by atoms with Crippen molar-refractivity contribution in [2.75, 3.05) is 19.8 Å². The lowest BCUT2D eigenvalue weighted by Crippen LogP contribution is -2.28. The lowest BCUT2D eigenvalue weighted by atomic mass is 10.0. The van der Waals surface area contributed by atoms with Gasteiger partial charge in [0.2, 0.25) is 5.91 Å². The maximum absolute atomic E-state index is 11.2. The van der Waals surface area contributed by atoms with Crippen LogP contribution in [0, 0.1) is 5.92 Å². The van der Waals surface area contributed by atoms with Crippen molar-refractivity contribution in [1.82, 2.24) is 5.32 Å². The Hall–Kier alpha value is -1.10. The van der Waals surface area contributed by atoms with Gasteiger partial charge in [-0.2, -0.15) is 0 Å². The Morgan fingerprint density at radius 3 is 2.60 bits per heavy atom. The van der Waals surface area contributed by atoms with Gasteiger partial charge in [0.25, 0.3) is 0 Å². The molecule has 88 valence electrons. The van der Waals surface area contributed by atoms with Crippen LogP contribution in [0.3, 0.4) is 0 Å². The molecule has 0 saturated heterocycles. The van der Waals surface area contributed by atoms with Crippen molar-refractivity contribution in [1.29, 1.82) is 0 Å². The van der Waals surface area contributed by atoms with Crippen molar-refractivity contribution < 1.29 is 19.4 Å². The average Bonchev–Trinajstić information content (AvgIpc) is 2.10. The summed E-state index contributed by atoms with van der Waals surface area (Å²) in [5, 5.41) is 11.2. The number of rotatable bonds is 8. The first-order chi connectivity index (χ1) is 7.06. The Morgan fingerprint density at radius 2 is 2.07 bits per heavy atom. The average molecular weight is 217 g/mol. The summed E-state index contributed by atoms with van der Waals surface area (Å²) in [6.07, 6.45) is 0.275. The number of aliphatic carboxylic acids is 1. The van der Waals surface area contributed by atoms with Gasteiger partial charge in [-0.05, 0) is 12.8 Å². The number of nitrogens with one attached hydrogen (secondary N) is 1. The third-order valence-corrected chi connectivity index (χ3v) is 1.83. The molecule has 1 unspecified atom stereocenters. The standard InChI is InChI=1S/C10H19NO4/c1-3-15-5-4-11-9(12)6-8(2)7-10(13)14/h8H,3-7H2,1-2H3,(H,11,12)(H,13,14). The van der Waals surface area contributed by atoms with E-state index in [0.29, 0.717) is 19.8 Å². The third-order valence-electron chi connectivity index (χ3n) is 1.83. The fourth-order valence-corrected chi connectivity index (χ4v) is 1.17. The van der Waals surface area contributed by atoms with E-state index in [0.717, 1.165) is 0 Å². The molecule has 0 aromatic carbocycles. The number of carboxylic acids is 1. The van der Waals surface area contributed by atoms with E-state index < -0.39 is 5.97 Å². The van der Waals surface area contributed by atoms with Gasteiger partial charge in [-0.15, -0.1) is 0 Å². The molecule has 15 heavy (non-hydrogen) atoms. The fraction of sp³-hybridized carbons (Fsp3) is 0.800. The Balaban J connectivity index is 3.51. The lowest BCUT2D eigenvalue weighted by molar-refractivity contribution is -0.138. The number of amides is 1. The molecule has 0 radical (unpaired) electrons. The smallest absolute Gasteiger partial charge is 0.303 e. The van der Waals surface area contributed by atoms with E-state index in [2.05, 4.69) is 5.32 Å². The molecule has 1 amide bonds. The monoisotopic (exact) mass is 217 g/mol. The summed E-state index contributed by atoms with van der Waals surface area (Å²) in [5.41, 5.74) is 0. The van der Waals surface area contributed by atoms with E-state index in [1.165, 1.54) is 0 Å².